The summed E-state index contributed by atoms with van der Waals surface area (Å²) in [6, 6.07) is 8.85. The van der Waals surface area contributed by atoms with Gasteiger partial charge in [0.1, 0.15) is 28.1 Å². The summed E-state index contributed by atoms with van der Waals surface area (Å²) >= 11 is 6.19. The second-order valence-electron chi connectivity index (χ2n) is 5.52. The summed E-state index contributed by atoms with van der Waals surface area (Å²) in [7, 11) is 0. The molecule has 0 spiro atoms. The van der Waals surface area contributed by atoms with Gasteiger partial charge in [0, 0.05) is 12.8 Å². The standard InChI is InChI=1S/C17H18ClN3O3/c1-2-3-9-14-19-15(16(18)20-14)12-10-13(24-21-12)17(22)23-11-7-5-4-6-8-11/h4-8,13H,2-3,9-10H2,1H3,(H,19,20). The van der Waals surface area contributed by atoms with Crippen molar-refractivity contribution in [2.24, 2.45) is 5.16 Å². The van der Waals surface area contributed by atoms with Crippen LogP contribution in [0.5, 0.6) is 5.75 Å². The number of nitrogens with one attached hydrogen (secondary N) is 1. The molecule has 0 amide bonds. The van der Waals surface area contributed by atoms with Crippen LogP contribution >= 0.6 is 11.6 Å². The number of nitrogens with zero attached hydrogens (tertiary/aromatic N) is 2. The second-order valence-corrected chi connectivity index (χ2v) is 5.90. The molecule has 0 radical (unpaired) electrons. The minimum atomic E-state index is -0.785. The summed E-state index contributed by atoms with van der Waals surface area (Å²) in [5, 5.41) is 4.37. The largest absolute Gasteiger partial charge is 0.424 e. The van der Waals surface area contributed by atoms with Crippen LogP contribution in [0.3, 0.4) is 0 Å². The van der Waals surface area contributed by atoms with Gasteiger partial charge < -0.3 is 14.6 Å². The molecule has 1 aromatic heterocycles. The molecule has 1 aliphatic rings. The van der Waals surface area contributed by atoms with E-state index < -0.39 is 12.1 Å². The predicted molar refractivity (Wildman–Crippen MR) is 90.3 cm³/mol. The van der Waals surface area contributed by atoms with Crippen molar-refractivity contribution in [3.05, 3.63) is 47.0 Å². The Morgan fingerprint density at radius 1 is 1.42 bits per heavy atom. The highest BCUT2D eigenvalue weighted by atomic mass is 35.5. The van der Waals surface area contributed by atoms with Gasteiger partial charge in [0.15, 0.2) is 0 Å². The average Bonchev–Trinajstić information content (AvgIpc) is 3.20. The molecule has 1 unspecified atom stereocenters. The fourth-order valence-corrected chi connectivity index (χ4v) is 2.63. The number of H-pyrrole nitrogens is 1. The first kappa shape index (κ1) is 16.5. The van der Waals surface area contributed by atoms with E-state index >= 15 is 0 Å². The molecule has 0 fully saturated rings. The van der Waals surface area contributed by atoms with Crippen LogP contribution in [0.25, 0.3) is 0 Å². The van der Waals surface area contributed by atoms with Crippen molar-refractivity contribution in [1.29, 1.82) is 0 Å². The topological polar surface area (TPSA) is 76.6 Å². The molecule has 126 valence electrons. The van der Waals surface area contributed by atoms with Crippen molar-refractivity contribution >= 4 is 23.3 Å². The number of benzene rings is 1. The molecule has 1 atom stereocenters. The van der Waals surface area contributed by atoms with Crippen molar-refractivity contribution in [2.45, 2.75) is 38.7 Å². The van der Waals surface area contributed by atoms with E-state index in [0.717, 1.165) is 25.1 Å². The first-order valence-electron chi connectivity index (χ1n) is 7.91. The Hall–Kier alpha value is -2.34. The fraction of sp³-hybridized carbons (Fsp3) is 0.353. The lowest BCUT2D eigenvalue weighted by Gasteiger charge is -2.07. The summed E-state index contributed by atoms with van der Waals surface area (Å²) in [6.07, 6.45) is 2.42. The number of oxime groups is 1. The molecule has 2 heterocycles. The van der Waals surface area contributed by atoms with Crippen LogP contribution in [0.1, 0.15) is 37.7 Å². The maximum Gasteiger partial charge on any atom is 0.356 e. The third kappa shape index (κ3) is 3.76. The van der Waals surface area contributed by atoms with Gasteiger partial charge in [-0.3, -0.25) is 0 Å². The van der Waals surface area contributed by atoms with Crippen LogP contribution in [0.2, 0.25) is 5.15 Å². The molecule has 0 saturated carbocycles. The number of rotatable bonds is 6. The number of carbonyl (C=O) groups excluding carboxylic acids is 1. The monoisotopic (exact) mass is 347 g/mol. The molecular formula is C17H18ClN3O3. The molecule has 1 aromatic carbocycles. The summed E-state index contributed by atoms with van der Waals surface area (Å²) in [5.41, 5.74) is 1.09. The van der Waals surface area contributed by atoms with Gasteiger partial charge in [-0.15, -0.1) is 0 Å². The van der Waals surface area contributed by atoms with Gasteiger partial charge in [-0.05, 0) is 18.6 Å². The molecule has 1 aliphatic heterocycles. The summed E-state index contributed by atoms with van der Waals surface area (Å²) in [4.78, 5) is 24.8. The van der Waals surface area contributed by atoms with E-state index in [9.17, 15) is 4.79 Å². The van der Waals surface area contributed by atoms with Crippen molar-refractivity contribution in [3.8, 4) is 5.75 Å². The zero-order chi connectivity index (χ0) is 16.9. The van der Waals surface area contributed by atoms with Gasteiger partial charge in [0.25, 0.3) is 0 Å². The number of carbonyl (C=O) groups is 1. The highest BCUT2D eigenvalue weighted by Gasteiger charge is 2.32. The highest BCUT2D eigenvalue weighted by molar-refractivity contribution is 6.33. The van der Waals surface area contributed by atoms with Crippen molar-refractivity contribution in [1.82, 2.24) is 9.97 Å². The molecule has 0 bridgehead atoms. The van der Waals surface area contributed by atoms with Crippen LogP contribution < -0.4 is 4.74 Å². The Kier molecular flexibility index (Phi) is 5.15. The van der Waals surface area contributed by atoms with E-state index in [-0.39, 0.29) is 6.42 Å². The zero-order valence-corrected chi connectivity index (χ0v) is 14.0. The van der Waals surface area contributed by atoms with Gasteiger partial charge >= 0.3 is 5.97 Å². The molecule has 2 aromatic rings. The van der Waals surface area contributed by atoms with E-state index in [1.807, 2.05) is 6.07 Å². The normalized spacial score (nSPS) is 16.6. The first-order chi connectivity index (χ1) is 11.7. The van der Waals surface area contributed by atoms with Crippen LogP contribution in [-0.2, 0) is 16.1 Å². The Balaban J connectivity index is 1.62. The summed E-state index contributed by atoms with van der Waals surface area (Å²) < 4.78 is 5.27. The average molecular weight is 348 g/mol. The Morgan fingerprint density at radius 3 is 2.96 bits per heavy atom. The summed E-state index contributed by atoms with van der Waals surface area (Å²) in [5.74, 6) is 0.798. The van der Waals surface area contributed by atoms with Crippen molar-refractivity contribution < 1.29 is 14.4 Å². The van der Waals surface area contributed by atoms with Crippen molar-refractivity contribution in [3.63, 3.8) is 0 Å². The molecule has 1 N–H and O–H groups in total. The van der Waals surface area contributed by atoms with E-state index in [1.165, 1.54) is 0 Å². The van der Waals surface area contributed by atoms with Gasteiger partial charge in [-0.1, -0.05) is 48.3 Å². The Labute approximate surface area is 144 Å². The smallest absolute Gasteiger partial charge is 0.356 e. The van der Waals surface area contributed by atoms with E-state index in [0.29, 0.717) is 22.3 Å². The molecule has 0 saturated heterocycles. The van der Waals surface area contributed by atoms with E-state index in [1.54, 1.807) is 24.3 Å². The highest BCUT2D eigenvalue weighted by Crippen LogP contribution is 2.23. The number of aromatic nitrogens is 2. The number of halogens is 1. The number of hydrogen-bond donors (Lipinski definition) is 1. The lowest BCUT2D eigenvalue weighted by atomic mass is 10.1. The van der Waals surface area contributed by atoms with Crippen LogP contribution in [-0.4, -0.2) is 27.8 Å². The number of para-hydroxylation sites is 1. The van der Waals surface area contributed by atoms with Crippen LogP contribution in [0.15, 0.2) is 35.5 Å². The van der Waals surface area contributed by atoms with Gasteiger partial charge in [-0.25, -0.2) is 9.78 Å². The molecule has 7 heteroatoms. The maximum atomic E-state index is 12.1. The van der Waals surface area contributed by atoms with Gasteiger partial charge in [0.2, 0.25) is 6.10 Å². The summed E-state index contributed by atoms with van der Waals surface area (Å²) in [6.45, 7) is 2.11. The number of esters is 1. The quantitative estimate of drug-likeness (QED) is 0.641. The number of hydrogen-bond acceptors (Lipinski definition) is 5. The number of aryl methyl sites for hydroxylation is 1. The molecular weight excluding hydrogens is 330 g/mol. The number of unbranched alkanes of at least 4 members (excludes halogenated alkanes) is 1. The Bertz CT molecular complexity index is 743. The molecule has 3 rings (SSSR count). The van der Waals surface area contributed by atoms with Gasteiger partial charge in [-0.2, -0.15) is 0 Å². The minimum Gasteiger partial charge on any atom is -0.424 e. The van der Waals surface area contributed by atoms with E-state index in [4.69, 9.17) is 21.2 Å². The second kappa shape index (κ2) is 7.49. The third-order valence-corrected chi connectivity index (χ3v) is 3.92. The van der Waals surface area contributed by atoms with Crippen LogP contribution in [0, 0.1) is 0 Å². The third-order valence-electron chi connectivity index (χ3n) is 3.64. The maximum absolute atomic E-state index is 12.1. The lowest BCUT2D eigenvalue weighted by molar-refractivity contribution is -0.145. The minimum absolute atomic E-state index is 0.281. The number of imidazole rings is 1. The number of ether oxygens (including phenoxy) is 1. The predicted octanol–water partition coefficient (Wildman–Crippen LogP) is 3.50. The zero-order valence-electron chi connectivity index (χ0n) is 13.3. The van der Waals surface area contributed by atoms with Gasteiger partial charge in [0.05, 0.1) is 0 Å². The number of aromatic amines is 1. The molecule has 24 heavy (non-hydrogen) atoms. The first-order valence-corrected chi connectivity index (χ1v) is 8.29. The van der Waals surface area contributed by atoms with E-state index in [2.05, 4.69) is 22.0 Å². The lowest BCUT2D eigenvalue weighted by Crippen LogP contribution is -2.26. The SMILES string of the molecule is CCCCc1nc(C2=NOC(C(=O)Oc3ccccc3)C2)c(Cl)[nH]1. The Morgan fingerprint density at radius 2 is 2.21 bits per heavy atom. The molecule has 6 nitrogen and oxygen atoms in total. The van der Waals surface area contributed by atoms with Crippen molar-refractivity contribution in [2.75, 3.05) is 0 Å². The fourth-order valence-electron chi connectivity index (χ4n) is 2.37. The van der Waals surface area contributed by atoms with Crippen LogP contribution in [0.4, 0.5) is 0 Å². The molecule has 0 aliphatic carbocycles.